The molecule has 1 fully saturated rings. The van der Waals surface area contributed by atoms with Gasteiger partial charge in [0.25, 0.3) is 0 Å². The van der Waals surface area contributed by atoms with Gasteiger partial charge in [-0.1, -0.05) is 109 Å². The maximum atomic E-state index is 8.58. The maximum Gasteiger partial charge on any atom is 0.488 e. The molecule has 9 rings (SSSR count). The summed E-state index contributed by atoms with van der Waals surface area (Å²) >= 11 is 21.1. The maximum absolute atomic E-state index is 8.58. The molecule has 13 heteroatoms. The first-order chi connectivity index (χ1) is 23.9. The molecule has 4 aromatic heterocycles. The van der Waals surface area contributed by atoms with E-state index in [-0.39, 0.29) is 5.28 Å². The molecule has 7 nitrogen and oxygen atoms in total. The highest BCUT2D eigenvalue weighted by molar-refractivity contribution is 7.26. The van der Waals surface area contributed by atoms with Crippen LogP contribution >= 0.6 is 57.5 Å². The molecule has 5 heterocycles. The van der Waals surface area contributed by atoms with Gasteiger partial charge in [-0.15, -0.1) is 22.7 Å². The predicted octanol–water partition coefficient (Wildman–Crippen LogP) is 9.48. The molecule has 0 saturated carbocycles. The molecule has 0 unspecified atom stereocenters. The molecule has 0 atom stereocenters. The van der Waals surface area contributed by atoms with Crippen molar-refractivity contribution in [3.8, 4) is 11.3 Å². The Morgan fingerprint density at radius 3 is 1.59 bits per heavy atom. The number of benzene rings is 4. The average Bonchev–Trinajstić information content (AvgIpc) is 3.89. The second-order valence-electron chi connectivity index (χ2n) is 10.7. The first kappa shape index (κ1) is 35.1. The molecule has 1 saturated heterocycles. The molecule has 1 aliphatic rings. The van der Waals surface area contributed by atoms with E-state index < -0.39 is 7.12 Å². The molecule has 2 N–H and O–H groups in total. The van der Waals surface area contributed by atoms with Crippen LogP contribution in [0.4, 0.5) is 0 Å². The second-order valence-corrected chi connectivity index (χ2v) is 13.7. The van der Waals surface area contributed by atoms with E-state index in [4.69, 9.17) is 49.6 Å². The van der Waals surface area contributed by atoms with E-state index in [0.717, 1.165) is 55.0 Å². The lowest BCUT2D eigenvalue weighted by molar-refractivity contribution is 0.198. The molecule has 0 spiro atoms. The number of fused-ring (bicyclic) bond motifs is 6. The van der Waals surface area contributed by atoms with Crippen LogP contribution in [0.15, 0.2) is 109 Å². The quantitative estimate of drug-likeness (QED) is 0.103. The van der Waals surface area contributed by atoms with Gasteiger partial charge < -0.3 is 14.8 Å². The number of thiophene rings is 2. The van der Waals surface area contributed by atoms with Crippen LogP contribution in [0.25, 0.3) is 51.9 Å². The molecular formula is C36H28BCl3N4O3S2. The summed E-state index contributed by atoms with van der Waals surface area (Å²) in [4.78, 5) is 18.7. The molecule has 4 aromatic carbocycles. The van der Waals surface area contributed by atoms with Gasteiger partial charge in [0.1, 0.15) is 14.8 Å². The van der Waals surface area contributed by atoms with E-state index in [1.54, 1.807) is 46.9 Å². The van der Waals surface area contributed by atoms with Gasteiger partial charge in [0, 0.05) is 44.3 Å². The third-order valence-electron chi connectivity index (χ3n) is 7.35. The highest BCUT2D eigenvalue weighted by Gasteiger charge is 2.15. The molecule has 0 bridgehead atoms. The zero-order valence-corrected chi connectivity index (χ0v) is 29.7. The van der Waals surface area contributed by atoms with Crippen LogP contribution in [0.2, 0.25) is 15.7 Å². The predicted molar refractivity (Wildman–Crippen MR) is 207 cm³/mol. The molecule has 246 valence electrons. The lowest BCUT2D eigenvalue weighted by atomic mass is 9.81. The minimum atomic E-state index is -1.34. The van der Waals surface area contributed by atoms with Gasteiger partial charge in [0.05, 0.1) is 11.1 Å². The largest absolute Gasteiger partial charge is 0.488 e. The van der Waals surface area contributed by atoms with Crippen LogP contribution < -0.4 is 5.46 Å². The standard InChI is InChI=1S/C16H9ClN2S.C10H4Cl2N2S.C6H7BO2.C4H8O/c17-16-18-14(10-6-2-1-3-7-10)13-11-8-4-5-9-12(11)20-15(13)19-16;11-8-7-5-3-1-2-4-6(5)15-9(7)14-10(12)13-8;8-7(9)6-4-2-1-3-5-6;1-2-4-5-3-1/h1-9H;1-4H;1-5,8-9H;1-4H2. The number of ether oxygens (including phenoxy) is 1. The Labute approximate surface area is 305 Å². The van der Waals surface area contributed by atoms with Gasteiger partial charge in [0.2, 0.25) is 10.6 Å². The highest BCUT2D eigenvalue weighted by atomic mass is 35.5. The van der Waals surface area contributed by atoms with Crippen molar-refractivity contribution in [2.45, 2.75) is 12.8 Å². The normalized spacial score (nSPS) is 12.2. The van der Waals surface area contributed by atoms with Crippen LogP contribution in [0.3, 0.4) is 0 Å². The molecule has 1 aliphatic heterocycles. The van der Waals surface area contributed by atoms with Crippen LogP contribution in [0, 0.1) is 0 Å². The topological polar surface area (TPSA) is 101 Å². The summed E-state index contributed by atoms with van der Waals surface area (Å²) in [6.07, 6.45) is 2.56. The molecule has 0 radical (unpaired) electrons. The van der Waals surface area contributed by atoms with Crippen LogP contribution in [-0.2, 0) is 4.74 Å². The van der Waals surface area contributed by atoms with Crippen LogP contribution in [-0.4, -0.2) is 50.3 Å². The van der Waals surface area contributed by atoms with Crippen molar-refractivity contribution in [1.82, 2.24) is 19.9 Å². The molecule has 0 amide bonds. The van der Waals surface area contributed by atoms with E-state index in [1.807, 2.05) is 72.8 Å². The Kier molecular flexibility index (Phi) is 12.0. The number of aromatic nitrogens is 4. The Morgan fingerprint density at radius 2 is 1.06 bits per heavy atom. The van der Waals surface area contributed by atoms with Crippen molar-refractivity contribution in [2.75, 3.05) is 13.2 Å². The van der Waals surface area contributed by atoms with E-state index >= 15 is 0 Å². The third-order valence-corrected chi connectivity index (χ3v) is 10.1. The van der Waals surface area contributed by atoms with E-state index in [1.165, 1.54) is 22.9 Å². The minimum absolute atomic E-state index is 0.194. The summed E-state index contributed by atoms with van der Waals surface area (Å²) in [5.41, 5.74) is 2.49. The molecular weight excluding hydrogens is 718 g/mol. The van der Waals surface area contributed by atoms with Gasteiger partial charge in [-0.25, -0.2) is 19.9 Å². The van der Waals surface area contributed by atoms with Gasteiger partial charge in [-0.2, -0.15) is 0 Å². The van der Waals surface area contributed by atoms with Gasteiger partial charge in [-0.3, -0.25) is 0 Å². The van der Waals surface area contributed by atoms with Crippen molar-refractivity contribution in [3.05, 3.63) is 125 Å². The summed E-state index contributed by atoms with van der Waals surface area (Å²) in [6, 6.07) is 35.0. The Balaban J connectivity index is 0.000000126. The number of nitrogens with zero attached hydrogens (tertiary/aromatic N) is 4. The fourth-order valence-corrected chi connectivity index (χ4v) is 8.05. The average molecular weight is 746 g/mol. The smallest absolute Gasteiger partial charge is 0.423 e. The number of halogens is 3. The van der Waals surface area contributed by atoms with Crippen molar-refractivity contribution >= 4 is 111 Å². The van der Waals surface area contributed by atoms with Crippen molar-refractivity contribution in [2.24, 2.45) is 0 Å². The van der Waals surface area contributed by atoms with E-state index in [0.29, 0.717) is 15.9 Å². The van der Waals surface area contributed by atoms with Crippen LogP contribution in [0.5, 0.6) is 0 Å². The van der Waals surface area contributed by atoms with Gasteiger partial charge >= 0.3 is 7.12 Å². The number of hydrogen-bond acceptors (Lipinski definition) is 9. The molecule has 8 aromatic rings. The lowest BCUT2D eigenvalue weighted by Crippen LogP contribution is -2.29. The number of hydrogen-bond donors (Lipinski definition) is 2. The Morgan fingerprint density at radius 1 is 0.571 bits per heavy atom. The summed E-state index contributed by atoms with van der Waals surface area (Å²) in [5, 5.41) is 22.3. The summed E-state index contributed by atoms with van der Waals surface area (Å²) in [6.45, 7) is 2.00. The Bertz CT molecular complexity index is 2300. The van der Waals surface area contributed by atoms with Crippen molar-refractivity contribution < 1.29 is 14.8 Å². The minimum Gasteiger partial charge on any atom is -0.423 e. The second kappa shape index (κ2) is 16.8. The van der Waals surface area contributed by atoms with Gasteiger partial charge in [-0.05, 0) is 53.6 Å². The Hall–Kier alpha value is -3.71. The van der Waals surface area contributed by atoms with Crippen molar-refractivity contribution in [1.29, 1.82) is 0 Å². The highest BCUT2D eigenvalue weighted by Crippen LogP contribution is 2.39. The lowest BCUT2D eigenvalue weighted by Gasteiger charge is -2.03. The fourth-order valence-electron chi connectivity index (χ4n) is 5.09. The first-order valence-electron chi connectivity index (χ1n) is 15.3. The zero-order chi connectivity index (χ0) is 34.2. The zero-order valence-electron chi connectivity index (χ0n) is 25.8. The van der Waals surface area contributed by atoms with Gasteiger partial charge in [0.15, 0.2) is 0 Å². The molecule has 0 aliphatic carbocycles. The van der Waals surface area contributed by atoms with E-state index in [9.17, 15) is 0 Å². The number of rotatable bonds is 2. The first-order valence-corrected chi connectivity index (χ1v) is 18.0. The monoisotopic (exact) mass is 744 g/mol. The van der Waals surface area contributed by atoms with Crippen molar-refractivity contribution in [3.63, 3.8) is 0 Å². The SMILES string of the molecule is C1CCOC1.Clc1nc(-c2ccccc2)c2c(n1)sc1ccccc12.Clc1nc(Cl)c2c(n1)sc1ccccc12.OB(O)c1ccccc1. The fraction of sp³-hybridized carbons (Fsp3) is 0.111. The van der Waals surface area contributed by atoms with E-state index in [2.05, 4.69) is 32.1 Å². The summed E-state index contributed by atoms with van der Waals surface area (Å²) in [7, 11) is -1.34. The van der Waals surface area contributed by atoms with Crippen LogP contribution in [0.1, 0.15) is 12.8 Å². The third kappa shape index (κ3) is 8.73. The summed E-state index contributed by atoms with van der Waals surface area (Å²) < 4.78 is 7.29. The summed E-state index contributed by atoms with van der Waals surface area (Å²) in [5.74, 6) is 0. The molecule has 49 heavy (non-hydrogen) atoms.